The molecule has 0 aliphatic heterocycles. The van der Waals surface area contributed by atoms with Crippen molar-refractivity contribution in [1.29, 1.82) is 0 Å². The predicted molar refractivity (Wildman–Crippen MR) is 93.4 cm³/mol. The van der Waals surface area contributed by atoms with E-state index in [1.54, 1.807) is 11.6 Å². The van der Waals surface area contributed by atoms with Gasteiger partial charge >= 0.3 is 6.18 Å². The molecule has 1 amide bonds. The average molecular weight is 380 g/mol. The number of hydrogen-bond donors (Lipinski definition) is 0. The minimum atomic E-state index is -4.42. The molecule has 0 saturated carbocycles. The van der Waals surface area contributed by atoms with Crippen LogP contribution in [-0.4, -0.2) is 39.9 Å². The van der Waals surface area contributed by atoms with Crippen LogP contribution >= 0.6 is 11.6 Å². The third kappa shape index (κ3) is 7.10. The Labute approximate surface area is 151 Å². The predicted octanol–water partition coefficient (Wildman–Crippen LogP) is 4.71. The minimum Gasteiger partial charge on any atom is -0.330 e. The van der Waals surface area contributed by atoms with E-state index in [0.717, 1.165) is 11.0 Å². The number of alkyl halides is 3. The number of carbonyl (C=O) groups is 1. The lowest BCUT2D eigenvalue weighted by molar-refractivity contribution is -0.158. The van der Waals surface area contributed by atoms with Crippen molar-refractivity contribution in [3.05, 3.63) is 22.5 Å². The molecule has 0 aliphatic rings. The van der Waals surface area contributed by atoms with Gasteiger partial charge in [-0.15, -0.1) is 0 Å². The monoisotopic (exact) mass is 379 g/mol. The van der Waals surface area contributed by atoms with Gasteiger partial charge in [0, 0.05) is 24.7 Å². The number of aryl methyl sites for hydroxylation is 1. The summed E-state index contributed by atoms with van der Waals surface area (Å²) in [5, 5.41) is 4.69. The van der Waals surface area contributed by atoms with E-state index in [2.05, 4.69) is 5.10 Å². The first kappa shape index (κ1) is 21.5. The molecular weight excluding hydrogens is 355 g/mol. The van der Waals surface area contributed by atoms with Gasteiger partial charge in [-0.05, 0) is 25.3 Å². The van der Waals surface area contributed by atoms with Gasteiger partial charge in [0.15, 0.2) is 0 Å². The summed E-state index contributed by atoms with van der Waals surface area (Å²) >= 11 is 6.27. The van der Waals surface area contributed by atoms with E-state index < -0.39 is 18.6 Å². The second kappa shape index (κ2) is 9.27. The molecule has 1 rings (SSSR count). The Morgan fingerprint density at radius 2 is 2.04 bits per heavy atom. The van der Waals surface area contributed by atoms with Crippen molar-refractivity contribution in [3.8, 4) is 0 Å². The van der Waals surface area contributed by atoms with Crippen LogP contribution in [0.1, 0.15) is 44.9 Å². The fourth-order valence-electron chi connectivity index (χ4n) is 2.32. The maximum Gasteiger partial charge on any atom is 0.406 e. The largest absolute Gasteiger partial charge is 0.406 e. The minimum absolute atomic E-state index is 0.0680. The second-order valence-corrected chi connectivity index (χ2v) is 6.79. The fraction of sp³-hybridized carbons (Fsp3) is 0.647. The molecule has 1 aromatic rings. The first-order chi connectivity index (χ1) is 11.5. The van der Waals surface area contributed by atoms with Gasteiger partial charge < -0.3 is 4.90 Å². The Morgan fingerprint density at radius 1 is 1.40 bits per heavy atom. The number of rotatable bonds is 8. The molecular formula is C17H25ClF3N3O. The van der Waals surface area contributed by atoms with Crippen molar-refractivity contribution in [2.45, 2.75) is 53.3 Å². The molecule has 8 heteroatoms. The quantitative estimate of drug-likeness (QED) is 0.614. The van der Waals surface area contributed by atoms with Gasteiger partial charge in [-0.2, -0.15) is 18.3 Å². The van der Waals surface area contributed by atoms with Crippen molar-refractivity contribution in [2.24, 2.45) is 5.92 Å². The van der Waals surface area contributed by atoms with Gasteiger partial charge in [-0.3, -0.25) is 9.48 Å². The first-order valence-corrected chi connectivity index (χ1v) is 8.69. The Hall–Kier alpha value is -1.50. The lowest BCUT2D eigenvalue weighted by atomic mass is 10.2. The van der Waals surface area contributed by atoms with Crippen LogP contribution in [0.4, 0.5) is 13.2 Å². The van der Waals surface area contributed by atoms with Crippen LogP contribution in [0.3, 0.4) is 0 Å². The van der Waals surface area contributed by atoms with E-state index >= 15 is 0 Å². The number of unbranched alkanes of at least 4 members (excludes halogenated alkanes) is 1. The standard InChI is InChI=1S/C17H25ClF3N3O/c1-5-6-9-23(11-17(19,20)21)15(25)8-7-14-13(4)22-24(16(14)18)10-12(2)3/h7-8,12H,5-6,9-11H2,1-4H3/b8-7+. The van der Waals surface area contributed by atoms with Crippen molar-refractivity contribution < 1.29 is 18.0 Å². The van der Waals surface area contributed by atoms with Gasteiger partial charge in [0.1, 0.15) is 11.7 Å². The molecule has 1 aromatic heterocycles. The van der Waals surface area contributed by atoms with E-state index in [1.807, 2.05) is 20.8 Å². The molecule has 25 heavy (non-hydrogen) atoms. The summed E-state index contributed by atoms with van der Waals surface area (Å²) in [5.74, 6) is -0.343. The summed E-state index contributed by atoms with van der Waals surface area (Å²) < 4.78 is 39.6. The highest BCUT2D eigenvalue weighted by Gasteiger charge is 2.32. The Balaban J connectivity index is 2.94. The highest BCUT2D eigenvalue weighted by Crippen LogP contribution is 2.23. The molecule has 0 spiro atoms. The maximum atomic E-state index is 12.7. The van der Waals surface area contributed by atoms with Crippen LogP contribution in [0.15, 0.2) is 6.08 Å². The van der Waals surface area contributed by atoms with Crippen molar-refractivity contribution in [2.75, 3.05) is 13.1 Å². The fourth-order valence-corrected chi connectivity index (χ4v) is 2.62. The lowest BCUT2D eigenvalue weighted by Crippen LogP contribution is -2.38. The Morgan fingerprint density at radius 3 is 2.56 bits per heavy atom. The first-order valence-electron chi connectivity index (χ1n) is 8.31. The molecule has 0 N–H and O–H groups in total. The van der Waals surface area contributed by atoms with Gasteiger partial charge in [0.05, 0.1) is 5.69 Å². The number of amides is 1. The topological polar surface area (TPSA) is 38.1 Å². The van der Waals surface area contributed by atoms with Crippen LogP contribution in [0.25, 0.3) is 6.08 Å². The van der Waals surface area contributed by atoms with Gasteiger partial charge in [0.2, 0.25) is 5.91 Å². The van der Waals surface area contributed by atoms with Crippen molar-refractivity contribution in [1.82, 2.24) is 14.7 Å². The molecule has 0 aromatic carbocycles. The zero-order valence-corrected chi connectivity index (χ0v) is 15.8. The van der Waals surface area contributed by atoms with Gasteiger partial charge in [-0.25, -0.2) is 0 Å². The highest BCUT2D eigenvalue weighted by atomic mass is 35.5. The summed E-state index contributed by atoms with van der Waals surface area (Å²) in [5.41, 5.74) is 1.18. The SMILES string of the molecule is CCCCN(CC(F)(F)F)C(=O)/C=C/c1c(C)nn(CC(C)C)c1Cl. The normalized spacial score (nSPS) is 12.4. The number of hydrogen-bond acceptors (Lipinski definition) is 2. The van der Waals surface area contributed by atoms with E-state index in [4.69, 9.17) is 11.6 Å². The summed E-state index contributed by atoms with van der Waals surface area (Å²) in [7, 11) is 0. The second-order valence-electron chi connectivity index (χ2n) is 6.43. The third-order valence-corrected chi connectivity index (χ3v) is 3.90. The summed E-state index contributed by atoms with van der Waals surface area (Å²) in [4.78, 5) is 13.0. The lowest BCUT2D eigenvalue weighted by Gasteiger charge is -2.22. The number of halogens is 4. The molecule has 0 aliphatic carbocycles. The zero-order chi connectivity index (χ0) is 19.2. The van der Waals surface area contributed by atoms with E-state index in [0.29, 0.717) is 41.7 Å². The molecule has 0 saturated heterocycles. The molecule has 1 heterocycles. The summed E-state index contributed by atoms with van der Waals surface area (Å²) in [6, 6.07) is 0. The number of aromatic nitrogens is 2. The Bertz CT molecular complexity index is 609. The van der Waals surface area contributed by atoms with Crippen LogP contribution in [0.5, 0.6) is 0 Å². The highest BCUT2D eigenvalue weighted by molar-refractivity contribution is 6.31. The van der Waals surface area contributed by atoms with Gasteiger partial charge in [-0.1, -0.05) is 38.8 Å². The molecule has 0 fully saturated rings. The van der Waals surface area contributed by atoms with E-state index in [1.165, 1.54) is 6.08 Å². The average Bonchev–Trinajstić information content (AvgIpc) is 2.73. The molecule has 4 nitrogen and oxygen atoms in total. The van der Waals surface area contributed by atoms with E-state index in [-0.39, 0.29) is 6.54 Å². The van der Waals surface area contributed by atoms with Crippen molar-refractivity contribution in [3.63, 3.8) is 0 Å². The molecule has 0 atom stereocenters. The summed E-state index contributed by atoms with van der Waals surface area (Å²) in [6.45, 7) is 7.09. The number of nitrogens with zero attached hydrogens (tertiary/aromatic N) is 3. The number of carbonyl (C=O) groups excluding carboxylic acids is 1. The molecule has 0 bridgehead atoms. The third-order valence-electron chi connectivity index (χ3n) is 3.50. The summed E-state index contributed by atoms with van der Waals surface area (Å²) in [6.07, 6.45) is -0.622. The maximum absolute atomic E-state index is 12.7. The van der Waals surface area contributed by atoms with E-state index in [9.17, 15) is 18.0 Å². The molecule has 142 valence electrons. The molecule has 0 radical (unpaired) electrons. The van der Waals surface area contributed by atoms with Crippen molar-refractivity contribution >= 4 is 23.6 Å². The molecule has 0 unspecified atom stereocenters. The van der Waals surface area contributed by atoms with Crippen LogP contribution < -0.4 is 0 Å². The Kier molecular flexibility index (Phi) is 7.99. The smallest absolute Gasteiger partial charge is 0.330 e. The van der Waals surface area contributed by atoms with Crippen LogP contribution in [0.2, 0.25) is 5.15 Å². The van der Waals surface area contributed by atoms with Crippen LogP contribution in [0, 0.1) is 12.8 Å². The van der Waals surface area contributed by atoms with Crippen LogP contribution in [-0.2, 0) is 11.3 Å². The zero-order valence-electron chi connectivity index (χ0n) is 15.0. The van der Waals surface area contributed by atoms with Gasteiger partial charge in [0.25, 0.3) is 0 Å².